The van der Waals surface area contributed by atoms with Crippen LogP contribution in [0.5, 0.6) is 23.0 Å². The molecule has 1 aliphatic rings. The van der Waals surface area contributed by atoms with E-state index in [1.54, 1.807) is 44.2 Å². The summed E-state index contributed by atoms with van der Waals surface area (Å²) in [6.07, 6.45) is 0.252. The maximum absolute atomic E-state index is 12.4. The number of hydrogen-bond acceptors (Lipinski definition) is 11. The summed E-state index contributed by atoms with van der Waals surface area (Å²) < 4.78 is 27.3. The molecule has 14 heteroatoms. The molecule has 2 atom stereocenters. The standard InChI is InChI=1S/C27H31BrN4O9/c1-6-39-20-11-17(24-23(26(35)38-5)14(2)30-27(36)31-24)7-8-19(20)40-13-22(34)32-29-12-16-9-18(28)25(41-15(3)33)21(10-16)37-4/h7-12,22,24,32,34H,6,13H2,1-5H3,(H2,30,31,36)/b29-12+/t22-,24-/m0/s1. The molecule has 41 heavy (non-hydrogen) atoms. The van der Waals surface area contributed by atoms with Crippen LogP contribution in [0, 0.1) is 0 Å². The number of esters is 2. The van der Waals surface area contributed by atoms with E-state index in [9.17, 15) is 19.5 Å². The lowest BCUT2D eigenvalue weighted by Crippen LogP contribution is -2.45. The van der Waals surface area contributed by atoms with Crippen molar-refractivity contribution in [2.75, 3.05) is 27.4 Å². The van der Waals surface area contributed by atoms with E-state index in [1.807, 2.05) is 0 Å². The molecular formula is C27H31BrN4O9. The minimum atomic E-state index is -1.19. The Hall–Kier alpha value is -4.30. The van der Waals surface area contributed by atoms with Crippen molar-refractivity contribution >= 4 is 40.1 Å². The van der Waals surface area contributed by atoms with E-state index in [-0.39, 0.29) is 17.9 Å². The Morgan fingerprint density at radius 3 is 2.59 bits per heavy atom. The number of rotatable bonds is 12. The molecule has 0 spiro atoms. The first-order valence-corrected chi connectivity index (χ1v) is 13.2. The second-order valence-electron chi connectivity index (χ2n) is 8.54. The van der Waals surface area contributed by atoms with Gasteiger partial charge >= 0.3 is 18.0 Å². The van der Waals surface area contributed by atoms with E-state index in [4.69, 9.17) is 23.7 Å². The number of amides is 2. The van der Waals surface area contributed by atoms with Crippen molar-refractivity contribution in [3.8, 4) is 23.0 Å². The molecule has 4 N–H and O–H groups in total. The summed E-state index contributed by atoms with van der Waals surface area (Å²) in [6.45, 7) is 4.82. The van der Waals surface area contributed by atoms with E-state index in [0.717, 1.165) is 0 Å². The average molecular weight is 635 g/mol. The number of urea groups is 1. The highest BCUT2D eigenvalue weighted by molar-refractivity contribution is 9.10. The number of benzene rings is 2. The Morgan fingerprint density at radius 1 is 1.17 bits per heavy atom. The second-order valence-corrected chi connectivity index (χ2v) is 9.40. The van der Waals surface area contributed by atoms with Gasteiger partial charge in [-0.1, -0.05) is 6.07 Å². The Labute approximate surface area is 244 Å². The first kappa shape index (κ1) is 31.2. The zero-order valence-corrected chi connectivity index (χ0v) is 24.7. The van der Waals surface area contributed by atoms with E-state index in [2.05, 4.69) is 37.1 Å². The van der Waals surface area contributed by atoms with Gasteiger partial charge in [0, 0.05) is 12.6 Å². The Bertz CT molecular complexity index is 1360. The fourth-order valence-electron chi connectivity index (χ4n) is 3.88. The summed E-state index contributed by atoms with van der Waals surface area (Å²) in [7, 11) is 2.70. The van der Waals surface area contributed by atoms with Crippen LogP contribution >= 0.6 is 15.9 Å². The van der Waals surface area contributed by atoms with E-state index in [1.165, 1.54) is 27.4 Å². The number of nitrogens with one attached hydrogen (secondary N) is 3. The average Bonchev–Trinajstić information content (AvgIpc) is 2.92. The number of hydrazone groups is 1. The molecule has 1 heterocycles. The normalized spacial score (nSPS) is 15.5. The molecule has 0 unspecified atom stereocenters. The molecule has 0 aromatic heterocycles. The molecule has 2 aromatic rings. The minimum Gasteiger partial charge on any atom is -0.493 e. The number of methoxy groups -OCH3 is 2. The summed E-state index contributed by atoms with van der Waals surface area (Å²) in [5.74, 6) is 0.161. The third-order valence-corrected chi connectivity index (χ3v) is 6.20. The maximum atomic E-state index is 12.4. The van der Waals surface area contributed by atoms with Crippen molar-refractivity contribution in [2.45, 2.75) is 33.0 Å². The summed E-state index contributed by atoms with van der Waals surface area (Å²) in [5, 5.41) is 19.7. The first-order chi connectivity index (χ1) is 19.6. The number of aliphatic hydroxyl groups excluding tert-OH is 1. The quantitative estimate of drug-likeness (QED) is 0.0896. The highest BCUT2D eigenvalue weighted by atomic mass is 79.9. The topological polar surface area (TPSA) is 166 Å². The number of allylic oxidation sites excluding steroid dienone is 1. The van der Waals surface area contributed by atoms with Crippen LogP contribution in [0.25, 0.3) is 0 Å². The number of carbonyl (C=O) groups excluding carboxylic acids is 3. The first-order valence-electron chi connectivity index (χ1n) is 12.4. The van der Waals surface area contributed by atoms with Crippen LogP contribution in [-0.4, -0.2) is 63.0 Å². The van der Waals surface area contributed by atoms with Crippen LogP contribution in [0.15, 0.2) is 51.2 Å². The Balaban J connectivity index is 1.70. The Morgan fingerprint density at radius 2 is 1.93 bits per heavy atom. The van der Waals surface area contributed by atoms with Gasteiger partial charge in [-0.25, -0.2) is 9.59 Å². The van der Waals surface area contributed by atoms with Crippen LogP contribution in [0.3, 0.4) is 0 Å². The van der Waals surface area contributed by atoms with Gasteiger partial charge in [-0.2, -0.15) is 5.10 Å². The van der Waals surface area contributed by atoms with Gasteiger partial charge in [-0.3, -0.25) is 10.2 Å². The highest BCUT2D eigenvalue weighted by Gasteiger charge is 2.32. The highest BCUT2D eigenvalue weighted by Crippen LogP contribution is 2.37. The summed E-state index contributed by atoms with van der Waals surface area (Å²) in [6, 6.07) is 6.98. The van der Waals surface area contributed by atoms with Crippen LogP contribution < -0.4 is 35.0 Å². The largest absolute Gasteiger partial charge is 0.493 e. The fraction of sp³-hybridized carbons (Fsp3) is 0.333. The predicted octanol–water partition coefficient (Wildman–Crippen LogP) is 2.90. The molecule has 0 fully saturated rings. The van der Waals surface area contributed by atoms with Crippen molar-refractivity contribution in [2.24, 2.45) is 5.10 Å². The fourth-order valence-corrected chi connectivity index (χ4v) is 4.42. The number of halogens is 1. The lowest BCUT2D eigenvalue weighted by atomic mass is 9.95. The van der Waals surface area contributed by atoms with E-state index in [0.29, 0.717) is 45.2 Å². The molecule has 0 radical (unpaired) electrons. The summed E-state index contributed by atoms with van der Waals surface area (Å²) in [5.41, 5.74) is 4.36. The molecule has 2 aromatic carbocycles. The molecule has 13 nitrogen and oxygen atoms in total. The minimum absolute atomic E-state index is 0.189. The van der Waals surface area contributed by atoms with Gasteiger partial charge in [0.05, 0.1) is 43.1 Å². The van der Waals surface area contributed by atoms with Gasteiger partial charge in [0.15, 0.2) is 29.2 Å². The number of aliphatic hydroxyl groups is 1. The number of carbonyl (C=O) groups is 3. The molecule has 220 valence electrons. The Kier molecular flexibility index (Phi) is 10.9. The third-order valence-electron chi connectivity index (χ3n) is 5.61. The van der Waals surface area contributed by atoms with E-state index < -0.39 is 30.2 Å². The van der Waals surface area contributed by atoms with Crippen molar-refractivity contribution < 1.29 is 43.2 Å². The van der Waals surface area contributed by atoms with Gasteiger partial charge in [-0.05, 0) is 65.2 Å². The van der Waals surface area contributed by atoms with Gasteiger partial charge in [-0.15, -0.1) is 0 Å². The third kappa shape index (κ3) is 8.11. The van der Waals surface area contributed by atoms with Gasteiger partial charge in [0.2, 0.25) is 0 Å². The number of hydrogen-bond donors (Lipinski definition) is 4. The van der Waals surface area contributed by atoms with Gasteiger partial charge in [0.25, 0.3) is 0 Å². The molecule has 2 amide bonds. The van der Waals surface area contributed by atoms with Crippen LogP contribution in [-0.2, 0) is 14.3 Å². The molecule has 0 aliphatic carbocycles. The van der Waals surface area contributed by atoms with Gasteiger partial charge in [0.1, 0.15) is 6.61 Å². The molecule has 1 aliphatic heterocycles. The summed E-state index contributed by atoms with van der Waals surface area (Å²) in [4.78, 5) is 35.8. The van der Waals surface area contributed by atoms with Crippen molar-refractivity contribution in [3.63, 3.8) is 0 Å². The van der Waals surface area contributed by atoms with Crippen LogP contribution in [0.2, 0.25) is 0 Å². The zero-order valence-electron chi connectivity index (χ0n) is 23.1. The smallest absolute Gasteiger partial charge is 0.337 e. The van der Waals surface area contributed by atoms with Crippen LogP contribution in [0.4, 0.5) is 4.79 Å². The van der Waals surface area contributed by atoms with Gasteiger partial charge < -0.3 is 39.4 Å². The van der Waals surface area contributed by atoms with Crippen LogP contribution in [0.1, 0.15) is 37.9 Å². The second kappa shape index (κ2) is 14.4. The molecule has 0 saturated heterocycles. The summed E-state index contributed by atoms with van der Waals surface area (Å²) >= 11 is 3.34. The molecule has 0 bridgehead atoms. The predicted molar refractivity (Wildman–Crippen MR) is 151 cm³/mol. The lowest BCUT2D eigenvalue weighted by molar-refractivity contribution is -0.136. The lowest BCUT2D eigenvalue weighted by Gasteiger charge is -2.28. The zero-order chi connectivity index (χ0) is 30.1. The van der Waals surface area contributed by atoms with Crippen molar-refractivity contribution in [1.82, 2.24) is 16.1 Å². The van der Waals surface area contributed by atoms with E-state index >= 15 is 0 Å². The monoisotopic (exact) mass is 634 g/mol. The number of nitrogens with zero attached hydrogens (tertiary/aromatic N) is 1. The molecular weight excluding hydrogens is 604 g/mol. The van der Waals surface area contributed by atoms with Crippen molar-refractivity contribution in [3.05, 3.63) is 57.2 Å². The molecule has 0 saturated carbocycles. The SMILES string of the molecule is CCOc1cc([C@@H]2NC(=O)NC(C)=C2C(=O)OC)ccc1OC[C@H](O)N/N=C/c1cc(Br)c(OC(C)=O)c(OC)c1. The molecule has 3 rings (SSSR count). The maximum Gasteiger partial charge on any atom is 0.337 e. The van der Waals surface area contributed by atoms with Crippen molar-refractivity contribution in [1.29, 1.82) is 0 Å². The number of ether oxygens (including phenoxy) is 5.